The zero-order valence-corrected chi connectivity index (χ0v) is 17.5. The summed E-state index contributed by atoms with van der Waals surface area (Å²) in [4.78, 5) is 24.3. The van der Waals surface area contributed by atoms with Crippen LogP contribution in [0.5, 0.6) is 0 Å². The Hall–Kier alpha value is -3.20. The molecule has 1 atom stereocenters. The van der Waals surface area contributed by atoms with Crippen LogP contribution in [0.1, 0.15) is 18.4 Å². The summed E-state index contributed by atoms with van der Waals surface area (Å²) in [6.07, 6.45) is 4.21. The summed E-state index contributed by atoms with van der Waals surface area (Å²) in [5.41, 5.74) is 1.03. The van der Waals surface area contributed by atoms with Gasteiger partial charge in [-0.15, -0.1) is 0 Å². The lowest BCUT2D eigenvalue weighted by molar-refractivity contribution is -0.384. The number of aromatic nitrogens is 1. The van der Waals surface area contributed by atoms with Crippen LogP contribution in [0.25, 0.3) is 0 Å². The fourth-order valence-electron chi connectivity index (χ4n) is 3.86. The van der Waals surface area contributed by atoms with Crippen LogP contribution in [0.15, 0.2) is 53.7 Å². The predicted octanol–water partition coefficient (Wildman–Crippen LogP) is 2.44. The lowest BCUT2D eigenvalue weighted by Crippen LogP contribution is -2.53. The molecule has 0 spiro atoms. The monoisotopic (exact) mass is 424 g/mol. The van der Waals surface area contributed by atoms with Crippen LogP contribution in [0, 0.1) is 10.1 Å². The van der Waals surface area contributed by atoms with E-state index in [9.17, 15) is 10.1 Å². The Morgan fingerprint density at radius 3 is 2.65 bits per heavy atom. The number of nitrogens with zero attached hydrogens (tertiary/aromatic N) is 5. The van der Waals surface area contributed by atoms with Crippen LogP contribution in [0.3, 0.4) is 0 Å². The van der Waals surface area contributed by atoms with Gasteiger partial charge in [-0.3, -0.25) is 10.1 Å². The molecule has 2 aliphatic rings. The van der Waals surface area contributed by atoms with Gasteiger partial charge in [0.05, 0.1) is 17.6 Å². The molecular formula is C22H28N6O3. The molecule has 1 aromatic heterocycles. The van der Waals surface area contributed by atoms with Gasteiger partial charge in [0.2, 0.25) is 0 Å². The Labute approximate surface area is 181 Å². The molecule has 1 unspecified atom stereocenters. The zero-order valence-electron chi connectivity index (χ0n) is 17.5. The Balaban J connectivity index is 1.41. The Morgan fingerprint density at radius 1 is 1.19 bits per heavy atom. The van der Waals surface area contributed by atoms with Gasteiger partial charge < -0.3 is 19.9 Å². The van der Waals surface area contributed by atoms with Crippen molar-refractivity contribution in [2.45, 2.75) is 25.5 Å². The Morgan fingerprint density at radius 2 is 2.00 bits per heavy atom. The number of non-ortho nitro benzene ring substituents is 1. The molecule has 0 bridgehead atoms. The molecule has 3 heterocycles. The van der Waals surface area contributed by atoms with Gasteiger partial charge in [-0.1, -0.05) is 18.2 Å². The molecule has 9 nitrogen and oxygen atoms in total. The fraction of sp³-hybridized carbons (Fsp3) is 0.455. The molecule has 164 valence electrons. The summed E-state index contributed by atoms with van der Waals surface area (Å²) in [5.74, 6) is 1.85. The molecule has 0 amide bonds. The van der Waals surface area contributed by atoms with Gasteiger partial charge in [0.1, 0.15) is 5.82 Å². The summed E-state index contributed by atoms with van der Waals surface area (Å²) < 4.78 is 5.75. The molecule has 31 heavy (non-hydrogen) atoms. The molecule has 0 radical (unpaired) electrons. The smallest absolute Gasteiger partial charge is 0.269 e. The number of ether oxygens (including phenoxy) is 1. The van der Waals surface area contributed by atoms with E-state index in [0.717, 1.165) is 69.5 Å². The molecule has 1 N–H and O–H groups in total. The van der Waals surface area contributed by atoms with E-state index in [2.05, 4.69) is 20.1 Å². The van der Waals surface area contributed by atoms with Crippen molar-refractivity contribution in [3.05, 3.63) is 64.3 Å². The van der Waals surface area contributed by atoms with E-state index in [1.807, 2.05) is 24.4 Å². The van der Waals surface area contributed by atoms with E-state index >= 15 is 0 Å². The summed E-state index contributed by atoms with van der Waals surface area (Å²) in [7, 11) is 0. The van der Waals surface area contributed by atoms with Crippen molar-refractivity contribution in [3.8, 4) is 0 Å². The van der Waals surface area contributed by atoms with Crippen LogP contribution >= 0.6 is 0 Å². The minimum Gasteiger partial charge on any atom is -0.376 e. The second-order valence-electron chi connectivity index (χ2n) is 7.74. The van der Waals surface area contributed by atoms with Crippen LogP contribution in [-0.4, -0.2) is 66.2 Å². The number of nitrogens with one attached hydrogen (secondary N) is 1. The Kier molecular flexibility index (Phi) is 6.93. The SMILES string of the molecule is O=[N+]([O-])c1ccc(CN=C(NCC2CCCO2)N2CCN(c3ccccn3)CC2)cc1. The molecule has 9 heteroatoms. The highest BCUT2D eigenvalue weighted by Crippen LogP contribution is 2.15. The Bertz CT molecular complexity index is 876. The predicted molar refractivity (Wildman–Crippen MR) is 119 cm³/mol. The average molecular weight is 425 g/mol. The first-order valence-corrected chi connectivity index (χ1v) is 10.7. The van der Waals surface area contributed by atoms with Crippen LogP contribution < -0.4 is 10.2 Å². The quantitative estimate of drug-likeness (QED) is 0.329. The van der Waals surface area contributed by atoms with Crippen molar-refractivity contribution in [1.29, 1.82) is 0 Å². The molecule has 2 aromatic rings. The molecule has 0 aliphatic carbocycles. The number of rotatable bonds is 6. The van der Waals surface area contributed by atoms with Crippen molar-refractivity contribution in [1.82, 2.24) is 15.2 Å². The first-order valence-electron chi connectivity index (χ1n) is 10.7. The number of anilines is 1. The lowest BCUT2D eigenvalue weighted by Gasteiger charge is -2.37. The van der Waals surface area contributed by atoms with E-state index < -0.39 is 0 Å². The van der Waals surface area contributed by atoms with Gasteiger partial charge >= 0.3 is 0 Å². The third kappa shape index (κ3) is 5.69. The number of hydrogen-bond donors (Lipinski definition) is 1. The van der Waals surface area contributed by atoms with Crippen LogP contribution in [0.2, 0.25) is 0 Å². The van der Waals surface area contributed by atoms with Gasteiger partial charge in [-0.2, -0.15) is 0 Å². The number of aliphatic imine (C=N–C) groups is 1. The molecule has 2 fully saturated rings. The molecule has 1 aromatic carbocycles. The fourth-order valence-corrected chi connectivity index (χ4v) is 3.86. The van der Waals surface area contributed by atoms with Gasteiger partial charge in [-0.25, -0.2) is 9.98 Å². The van der Waals surface area contributed by atoms with Crippen molar-refractivity contribution >= 4 is 17.5 Å². The largest absolute Gasteiger partial charge is 0.376 e. The van der Waals surface area contributed by atoms with E-state index in [1.165, 1.54) is 12.1 Å². The number of piperazine rings is 1. The van der Waals surface area contributed by atoms with E-state index in [1.54, 1.807) is 12.1 Å². The van der Waals surface area contributed by atoms with Crippen LogP contribution in [0.4, 0.5) is 11.5 Å². The maximum Gasteiger partial charge on any atom is 0.269 e. The third-order valence-electron chi connectivity index (χ3n) is 5.62. The number of hydrogen-bond acceptors (Lipinski definition) is 6. The van der Waals surface area contributed by atoms with Gasteiger partial charge in [0, 0.05) is 57.7 Å². The number of benzene rings is 1. The topological polar surface area (TPSA) is 96.1 Å². The molecular weight excluding hydrogens is 396 g/mol. The molecule has 0 saturated carbocycles. The standard InChI is InChI=1S/C22H28N6O3/c29-28(30)19-8-6-18(7-9-19)16-24-22(25-17-20-4-3-15-31-20)27-13-11-26(12-14-27)21-5-1-2-10-23-21/h1-2,5-10,20H,3-4,11-17H2,(H,24,25). The third-order valence-corrected chi connectivity index (χ3v) is 5.62. The minimum atomic E-state index is -0.386. The number of guanidine groups is 1. The van der Waals surface area contributed by atoms with E-state index in [0.29, 0.717) is 6.54 Å². The lowest BCUT2D eigenvalue weighted by atomic mass is 10.2. The number of nitro groups is 1. The van der Waals surface area contributed by atoms with Crippen molar-refractivity contribution in [2.24, 2.45) is 4.99 Å². The highest BCUT2D eigenvalue weighted by Gasteiger charge is 2.22. The first kappa shape index (κ1) is 21.0. The number of nitro benzene ring substituents is 1. The second-order valence-corrected chi connectivity index (χ2v) is 7.74. The first-order chi connectivity index (χ1) is 15.2. The summed E-state index contributed by atoms with van der Waals surface area (Å²) >= 11 is 0. The van der Waals surface area contributed by atoms with E-state index in [-0.39, 0.29) is 16.7 Å². The van der Waals surface area contributed by atoms with Gasteiger partial charge in [-0.05, 0) is 30.5 Å². The van der Waals surface area contributed by atoms with Crippen molar-refractivity contribution in [3.63, 3.8) is 0 Å². The maximum absolute atomic E-state index is 10.9. The molecule has 4 rings (SSSR count). The second kappa shape index (κ2) is 10.2. The maximum atomic E-state index is 10.9. The van der Waals surface area contributed by atoms with Gasteiger partial charge in [0.15, 0.2) is 5.96 Å². The van der Waals surface area contributed by atoms with Crippen LogP contribution in [-0.2, 0) is 11.3 Å². The molecule has 2 saturated heterocycles. The van der Waals surface area contributed by atoms with Crippen molar-refractivity contribution < 1.29 is 9.66 Å². The summed E-state index contributed by atoms with van der Waals surface area (Å²) in [5, 5.41) is 14.4. The van der Waals surface area contributed by atoms with Crippen molar-refractivity contribution in [2.75, 3.05) is 44.2 Å². The zero-order chi connectivity index (χ0) is 21.5. The highest BCUT2D eigenvalue weighted by molar-refractivity contribution is 5.80. The minimum absolute atomic E-state index is 0.0927. The van der Waals surface area contributed by atoms with E-state index in [4.69, 9.17) is 9.73 Å². The summed E-state index contributed by atoms with van der Waals surface area (Å²) in [6, 6.07) is 12.5. The van der Waals surface area contributed by atoms with Gasteiger partial charge in [0.25, 0.3) is 5.69 Å². The summed E-state index contributed by atoms with van der Waals surface area (Å²) in [6.45, 7) is 5.45. The number of pyridine rings is 1. The normalized spacial score (nSPS) is 19.5. The highest BCUT2D eigenvalue weighted by atomic mass is 16.6. The molecule has 2 aliphatic heterocycles. The average Bonchev–Trinajstić information content (AvgIpc) is 3.34.